The first-order chi connectivity index (χ1) is 9.80. The zero-order chi connectivity index (χ0) is 15.9. The summed E-state index contributed by atoms with van der Waals surface area (Å²) < 4.78 is 22.4. The van der Waals surface area contributed by atoms with Crippen LogP contribution in [0.25, 0.3) is 0 Å². The van der Waals surface area contributed by atoms with Crippen molar-refractivity contribution in [3.05, 3.63) is 16.1 Å². The molecule has 0 amide bonds. The smallest absolute Gasteiger partial charge is 0.191 e. The zero-order valence-corrected chi connectivity index (χ0v) is 14.6. The average Bonchev–Trinajstić information content (AvgIpc) is 2.79. The number of aryl methyl sites for hydroxylation is 1. The van der Waals surface area contributed by atoms with Gasteiger partial charge in [-0.3, -0.25) is 0 Å². The molecule has 1 unspecified atom stereocenters. The van der Waals surface area contributed by atoms with E-state index in [0.717, 1.165) is 16.4 Å². The molecule has 120 valence electrons. The SMILES string of the molecule is CCNC(=NCc1cnc(C)s1)NC(C)CCS(C)(=O)=O. The first-order valence-corrected chi connectivity index (χ1v) is 9.81. The van der Waals surface area contributed by atoms with E-state index in [1.54, 1.807) is 11.3 Å². The van der Waals surface area contributed by atoms with Gasteiger partial charge in [-0.25, -0.2) is 18.4 Å². The Balaban J connectivity index is 2.55. The van der Waals surface area contributed by atoms with Crippen LogP contribution in [0.1, 0.15) is 30.2 Å². The molecule has 0 saturated carbocycles. The Morgan fingerprint density at radius 3 is 2.76 bits per heavy atom. The summed E-state index contributed by atoms with van der Waals surface area (Å²) in [6.45, 7) is 7.24. The monoisotopic (exact) mass is 332 g/mol. The number of rotatable bonds is 7. The molecular formula is C13H24N4O2S2. The molecule has 0 aromatic carbocycles. The van der Waals surface area contributed by atoms with E-state index in [9.17, 15) is 8.42 Å². The van der Waals surface area contributed by atoms with Crippen molar-refractivity contribution in [3.8, 4) is 0 Å². The quantitative estimate of drug-likeness (QED) is 0.581. The van der Waals surface area contributed by atoms with E-state index < -0.39 is 9.84 Å². The van der Waals surface area contributed by atoms with Crippen LogP contribution in [0.5, 0.6) is 0 Å². The molecule has 0 radical (unpaired) electrons. The molecule has 8 heteroatoms. The van der Waals surface area contributed by atoms with Gasteiger partial charge >= 0.3 is 0 Å². The topological polar surface area (TPSA) is 83.4 Å². The molecule has 1 rings (SSSR count). The zero-order valence-electron chi connectivity index (χ0n) is 13.0. The van der Waals surface area contributed by atoms with Crippen molar-refractivity contribution in [2.75, 3.05) is 18.6 Å². The number of thiazole rings is 1. The minimum absolute atomic E-state index is 0.0423. The molecular weight excluding hydrogens is 308 g/mol. The van der Waals surface area contributed by atoms with Crippen molar-refractivity contribution >= 4 is 27.1 Å². The maximum Gasteiger partial charge on any atom is 0.191 e. The van der Waals surface area contributed by atoms with Gasteiger partial charge in [-0.05, 0) is 27.2 Å². The van der Waals surface area contributed by atoms with Gasteiger partial charge in [0.2, 0.25) is 0 Å². The summed E-state index contributed by atoms with van der Waals surface area (Å²) in [4.78, 5) is 9.80. The largest absolute Gasteiger partial charge is 0.357 e. The van der Waals surface area contributed by atoms with Gasteiger partial charge in [0.25, 0.3) is 0 Å². The molecule has 1 heterocycles. The van der Waals surface area contributed by atoms with Crippen LogP contribution in [0.15, 0.2) is 11.2 Å². The Morgan fingerprint density at radius 1 is 1.52 bits per heavy atom. The maximum atomic E-state index is 11.2. The molecule has 1 aromatic rings. The van der Waals surface area contributed by atoms with Crippen molar-refractivity contribution in [2.45, 2.75) is 39.8 Å². The highest BCUT2D eigenvalue weighted by Crippen LogP contribution is 2.12. The predicted molar refractivity (Wildman–Crippen MR) is 88.6 cm³/mol. The highest BCUT2D eigenvalue weighted by Gasteiger charge is 2.09. The molecule has 0 aliphatic rings. The Hall–Kier alpha value is -1.15. The van der Waals surface area contributed by atoms with Gasteiger partial charge < -0.3 is 10.6 Å². The molecule has 0 saturated heterocycles. The van der Waals surface area contributed by atoms with E-state index in [0.29, 0.717) is 18.9 Å². The van der Waals surface area contributed by atoms with Crippen LogP contribution in [-0.2, 0) is 16.4 Å². The molecule has 6 nitrogen and oxygen atoms in total. The summed E-state index contributed by atoms with van der Waals surface area (Å²) >= 11 is 1.63. The molecule has 1 atom stereocenters. The predicted octanol–water partition coefficient (Wildman–Crippen LogP) is 1.33. The molecule has 0 bridgehead atoms. The molecule has 0 fully saturated rings. The lowest BCUT2D eigenvalue weighted by atomic mass is 10.3. The summed E-state index contributed by atoms with van der Waals surface area (Å²) in [7, 11) is -2.93. The molecule has 0 aliphatic carbocycles. The van der Waals surface area contributed by atoms with Gasteiger partial charge in [-0.2, -0.15) is 0 Å². The van der Waals surface area contributed by atoms with E-state index in [1.807, 2.05) is 27.0 Å². The molecule has 2 N–H and O–H groups in total. The second-order valence-electron chi connectivity index (χ2n) is 5.00. The van der Waals surface area contributed by atoms with Crippen molar-refractivity contribution < 1.29 is 8.42 Å². The van der Waals surface area contributed by atoms with Crippen molar-refractivity contribution in [2.24, 2.45) is 4.99 Å². The van der Waals surface area contributed by atoms with Gasteiger partial charge in [0, 0.05) is 29.9 Å². The number of nitrogens with zero attached hydrogens (tertiary/aromatic N) is 2. The van der Waals surface area contributed by atoms with Crippen molar-refractivity contribution in [1.82, 2.24) is 15.6 Å². The fraction of sp³-hybridized carbons (Fsp3) is 0.692. The maximum absolute atomic E-state index is 11.2. The average molecular weight is 332 g/mol. The summed E-state index contributed by atoms with van der Waals surface area (Å²) in [5.74, 6) is 0.874. The van der Waals surface area contributed by atoms with Gasteiger partial charge in [-0.15, -0.1) is 11.3 Å². The van der Waals surface area contributed by atoms with Crippen LogP contribution in [0.2, 0.25) is 0 Å². The summed E-state index contributed by atoms with van der Waals surface area (Å²) in [6.07, 6.45) is 3.65. The van der Waals surface area contributed by atoms with Gasteiger partial charge in [0.1, 0.15) is 9.84 Å². The van der Waals surface area contributed by atoms with Crippen LogP contribution in [0, 0.1) is 6.92 Å². The number of hydrogen-bond acceptors (Lipinski definition) is 5. The van der Waals surface area contributed by atoms with Crippen LogP contribution >= 0.6 is 11.3 Å². The number of sulfone groups is 1. The summed E-state index contributed by atoms with van der Waals surface area (Å²) in [5, 5.41) is 7.42. The molecule has 0 aliphatic heterocycles. The lowest BCUT2D eigenvalue weighted by molar-refractivity contribution is 0.581. The number of guanidine groups is 1. The third kappa shape index (κ3) is 8.01. The lowest BCUT2D eigenvalue weighted by Crippen LogP contribution is -2.42. The summed E-state index contributed by atoms with van der Waals surface area (Å²) in [6, 6.07) is 0.0423. The highest BCUT2D eigenvalue weighted by molar-refractivity contribution is 7.90. The third-order valence-corrected chi connectivity index (χ3v) is 4.59. The number of aliphatic imine (C=N–C) groups is 1. The number of nitrogens with one attached hydrogen (secondary N) is 2. The van der Waals surface area contributed by atoms with Crippen molar-refractivity contribution in [3.63, 3.8) is 0 Å². The second kappa shape index (κ2) is 8.33. The fourth-order valence-electron chi connectivity index (χ4n) is 1.65. The summed E-state index contributed by atoms with van der Waals surface area (Å²) in [5.41, 5.74) is 0. The third-order valence-electron chi connectivity index (χ3n) is 2.71. The Morgan fingerprint density at radius 2 is 2.24 bits per heavy atom. The van der Waals surface area contributed by atoms with Crippen molar-refractivity contribution in [1.29, 1.82) is 0 Å². The van der Waals surface area contributed by atoms with E-state index in [1.165, 1.54) is 6.26 Å². The normalized spacial score (nSPS) is 14.0. The molecule has 21 heavy (non-hydrogen) atoms. The Kier molecular flexibility index (Phi) is 7.10. The highest BCUT2D eigenvalue weighted by atomic mass is 32.2. The van der Waals surface area contributed by atoms with Crippen LogP contribution in [-0.4, -0.2) is 44.0 Å². The molecule has 0 spiro atoms. The number of hydrogen-bond donors (Lipinski definition) is 2. The van der Waals surface area contributed by atoms with E-state index in [-0.39, 0.29) is 11.8 Å². The fourth-order valence-corrected chi connectivity index (χ4v) is 3.15. The van der Waals surface area contributed by atoms with E-state index in [4.69, 9.17) is 0 Å². The van der Waals surface area contributed by atoms with E-state index >= 15 is 0 Å². The Labute approximate surface area is 131 Å². The standard InChI is InChI=1S/C13H24N4O2S2/c1-5-14-13(16-9-12-8-15-11(3)20-12)17-10(2)6-7-21(4,18)19/h8,10H,5-7,9H2,1-4H3,(H2,14,16,17). The van der Waals surface area contributed by atoms with Gasteiger partial charge in [0.15, 0.2) is 5.96 Å². The van der Waals surface area contributed by atoms with Gasteiger partial charge in [0.05, 0.1) is 17.3 Å². The molecule has 1 aromatic heterocycles. The van der Waals surface area contributed by atoms with Crippen LogP contribution in [0.3, 0.4) is 0 Å². The van der Waals surface area contributed by atoms with E-state index in [2.05, 4.69) is 20.6 Å². The minimum atomic E-state index is -2.93. The minimum Gasteiger partial charge on any atom is -0.357 e. The van der Waals surface area contributed by atoms with Gasteiger partial charge in [-0.1, -0.05) is 0 Å². The first-order valence-electron chi connectivity index (χ1n) is 6.94. The van der Waals surface area contributed by atoms with Crippen LogP contribution in [0.4, 0.5) is 0 Å². The Bertz CT molecular complexity index is 566. The number of aromatic nitrogens is 1. The van der Waals surface area contributed by atoms with Crippen LogP contribution < -0.4 is 10.6 Å². The second-order valence-corrected chi connectivity index (χ2v) is 8.58. The lowest BCUT2D eigenvalue weighted by Gasteiger charge is -2.17. The first kappa shape index (κ1) is 17.9.